The van der Waals surface area contributed by atoms with E-state index >= 15 is 0 Å². The fourth-order valence-corrected chi connectivity index (χ4v) is 2.41. The third kappa shape index (κ3) is 2.81. The second-order valence-electron chi connectivity index (χ2n) is 4.47. The molecule has 0 aliphatic rings. The summed E-state index contributed by atoms with van der Waals surface area (Å²) in [5.74, 6) is 0.866. The first-order valence-electron chi connectivity index (χ1n) is 6.29. The van der Waals surface area contributed by atoms with Crippen molar-refractivity contribution < 1.29 is 9.84 Å². The van der Waals surface area contributed by atoms with E-state index in [1.165, 1.54) is 0 Å². The summed E-state index contributed by atoms with van der Waals surface area (Å²) in [7, 11) is 0. The molecule has 5 heteroatoms. The molecule has 0 atom stereocenters. The smallest absolute Gasteiger partial charge is 0.227 e. The molecule has 21 heavy (non-hydrogen) atoms. The Balaban J connectivity index is 2.11. The molecule has 0 bridgehead atoms. The Kier molecular flexibility index (Phi) is 3.97. The normalized spacial score (nSPS) is 10.8. The Bertz CT molecular complexity index is 805. The van der Waals surface area contributed by atoms with Gasteiger partial charge >= 0.3 is 0 Å². The van der Waals surface area contributed by atoms with Crippen LogP contribution in [-0.2, 0) is 6.61 Å². The van der Waals surface area contributed by atoms with Crippen molar-refractivity contribution in [1.29, 1.82) is 0 Å². The molecule has 1 aromatic heterocycles. The molecule has 0 unspecified atom stereocenters. The van der Waals surface area contributed by atoms with Crippen molar-refractivity contribution in [2.24, 2.45) is 0 Å². The van der Waals surface area contributed by atoms with Gasteiger partial charge in [0.15, 0.2) is 0 Å². The molecular weight excluding hydrogens is 309 g/mol. The van der Waals surface area contributed by atoms with Crippen LogP contribution in [0, 0.1) is 0 Å². The van der Waals surface area contributed by atoms with E-state index in [0.717, 1.165) is 16.3 Å². The summed E-state index contributed by atoms with van der Waals surface area (Å²) in [6, 6.07) is 12.6. The van der Waals surface area contributed by atoms with Gasteiger partial charge in [0.05, 0.1) is 11.6 Å². The van der Waals surface area contributed by atoms with Gasteiger partial charge in [0, 0.05) is 28.2 Å². The van der Waals surface area contributed by atoms with Crippen molar-refractivity contribution in [3.63, 3.8) is 0 Å². The van der Waals surface area contributed by atoms with E-state index in [4.69, 9.17) is 27.9 Å². The van der Waals surface area contributed by atoms with Crippen molar-refractivity contribution >= 4 is 34.0 Å². The fraction of sp³-hybridized carbons (Fsp3) is 0.0625. The number of fused-ring (bicyclic) bond motifs is 1. The van der Waals surface area contributed by atoms with Gasteiger partial charge in [-0.25, -0.2) is 4.98 Å². The van der Waals surface area contributed by atoms with E-state index < -0.39 is 0 Å². The van der Waals surface area contributed by atoms with Crippen molar-refractivity contribution in [3.05, 3.63) is 64.3 Å². The summed E-state index contributed by atoms with van der Waals surface area (Å²) < 4.78 is 5.79. The Morgan fingerprint density at radius 2 is 1.81 bits per heavy atom. The highest BCUT2D eigenvalue weighted by atomic mass is 35.5. The van der Waals surface area contributed by atoms with Crippen LogP contribution in [0.4, 0.5) is 0 Å². The van der Waals surface area contributed by atoms with Crippen molar-refractivity contribution in [2.45, 2.75) is 6.61 Å². The fourth-order valence-electron chi connectivity index (χ4n) is 2.09. The SMILES string of the molecule is OCc1cnc(Oc2cc(Cl)ccc2Cl)c2ccccc12. The summed E-state index contributed by atoms with van der Waals surface area (Å²) in [5, 5.41) is 12.1. The lowest BCUT2D eigenvalue weighted by atomic mass is 10.1. The molecule has 106 valence electrons. The number of halogens is 2. The van der Waals surface area contributed by atoms with E-state index in [-0.39, 0.29) is 6.61 Å². The first-order chi connectivity index (χ1) is 10.2. The molecule has 2 aromatic carbocycles. The molecule has 0 aliphatic carbocycles. The zero-order chi connectivity index (χ0) is 14.8. The van der Waals surface area contributed by atoms with Gasteiger partial charge in [-0.1, -0.05) is 41.4 Å². The first kappa shape index (κ1) is 14.1. The Labute approximate surface area is 131 Å². The van der Waals surface area contributed by atoms with Crippen molar-refractivity contribution in [2.75, 3.05) is 0 Å². The number of ether oxygens (including phenoxy) is 1. The quantitative estimate of drug-likeness (QED) is 0.752. The standard InChI is InChI=1S/C16H11Cl2NO2/c17-11-5-6-14(18)15(7-11)21-16-13-4-2-1-3-12(13)10(9-20)8-19-16/h1-8,20H,9H2. The van der Waals surface area contributed by atoms with Crippen LogP contribution < -0.4 is 4.74 Å². The number of hydrogen-bond acceptors (Lipinski definition) is 3. The third-order valence-corrected chi connectivity index (χ3v) is 3.66. The van der Waals surface area contributed by atoms with Crippen LogP contribution in [0.1, 0.15) is 5.56 Å². The molecular formula is C16H11Cl2NO2. The number of aliphatic hydroxyl groups excluding tert-OH is 1. The minimum Gasteiger partial charge on any atom is -0.437 e. The van der Waals surface area contributed by atoms with Gasteiger partial charge in [-0.3, -0.25) is 0 Å². The number of aliphatic hydroxyl groups is 1. The maximum Gasteiger partial charge on any atom is 0.227 e. The predicted octanol–water partition coefficient (Wildman–Crippen LogP) is 4.83. The van der Waals surface area contributed by atoms with E-state index in [0.29, 0.717) is 21.7 Å². The first-order valence-corrected chi connectivity index (χ1v) is 7.05. The highest BCUT2D eigenvalue weighted by Crippen LogP contribution is 2.34. The summed E-state index contributed by atoms with van der Waals surface area (Å²) in [6.07, 6.45) is 1.59. The molecule has 0 amide bonds. The zero-order valence-corrected chi connectivity index (χ0v) is 12.4. The molecule has 0 aliphatic heterocycles. The molecule has 0 radical (unpaired) electrons. The van der Waals surface area contributed by atoms with Crippen LogP contribution in [-0.4, -0.2) is 10.1 Å². The van der Waals surface area contributed by atoms with Crippen molar-refractivity contribution in [1.82, 2.24) is 4.98 Å². The molecule has 0 spiro atoms. The molecule has 3 nitrogen and oxygen atoms in total. The monoisotopic (exact) mass is 319 g/mol. The Morgan fingerprint density at radius 3 is 2.57 bits per heavy atom. The highest BCUT2D eigenvalue weighted by molar-refractivity contribution is 6.34. The van der Waals surface area contributed by atoms with Crippen LogP contribution in [0.2, 0.25) is 10.0 Å². The third-order valence-electron chi connectivity index (χ3n) is 3.11. The van der Waals surface area contributed by atoms with Gasteiger partial charge in [0.25, 0.3) is 0 Å². The molecule has 1 heterocycles. The van der Waals surface area contributed by atoms with Gasteiger partial charge in [-0.15, -0.1) is 0 Å². The molecule has 3 aromatic rings. The van der Waals surface area contributed by atoms with Crippen LogP contribution >= 0.6 is 23.2 Å². The van der Waals surface area contributed by atoms with Crippen LogP contribution in [0.3, 0.4) is 0 Å². The van der Waals surface area contributed by atoms with E-state index in [1.807, 2.05) is 24.3 Å². The number of benzene rings is 2. The molecule has 3 rings (SSSR count). The summed E-state index contributed by atoms with van der Waals surface area (Å²) in [4.78, 5) is 4.26. The number of rotatable bonds is 3. The number of hydrogen-bond donors (Lipinski definition) is 1. The second-order valence-corrected chi connectivity index (χ2v) is 5.31. The van der Waals surface area contributed by atoms with E-state index in [1.54, 1.807) is 24.4 Å². The van der Waals surface area contributed by atoms with Crippen LogP contribution in [0.25, 0.3) is 10.8 Å². The summed E-state index contributed by atoms with van der Waals surface area (Å²) in [5.41, 5.74) is 0.746. The lowest BCUT2D eigenvalue weighted by Gasteiger charge is -2.11. The molecule has 1 N–H and O–H groups in total. The minimum atomic E-state index is -0.0777. The maximum absolute atomic E-state index is 9.38. The number of pyridine rings is 1. The van der Waals surface area contributed by atoms with Gasteiger partial charge in [-0.05, 0) is 23.6 Å². The zero-order valence-electron chi connectivity index (χ0n) is 10.9. The van der Waals surface area contributed by atoms with E-state index in [9.17, 15) is 5.11 Å². The highest BCUT2D eigenvalue weighted by Gasteiger charge is 2.11. The summed E-state index contributed by atoms with van der Waals surface area (Å²) >= 11 is 12.1. The van der Waals surface area contributed by atoms with Gasteiger partial charge < -0.3 is 9.84 Å². The number of aromatic nitrogens is 1. The van der Waals surface area contributed by atoms with Gasteiger partial charge in [-0.2, -0.15) is 0 Å². The second kappa shape index (κ2) is 5.90. The number of nitrogens with zero attached hydrogens (tertiary/aromatic N) is 1. The Morgan fingerprint density at radius 1 is 1.05 bits per heavy atom. The van der Waals surface area contributed by atoms with Crippen LogP contribution in [0.15, 0.2) is 48.7 Å². The van der Waals surface area contributed by atoms with Crippen molar-refractivity contribution in [3.8, 4) is 11.6 Å². The van der Waals surface area contributed by atoms with Crippen LogP contribution in [0.5, 0.6) is 11.6 Å². The van der Waals surface area contributed by atoms with Gasteiger partial charge in [0.2, 0.25) is 5.88 Å². The molecule has 0 saturated heterocycles. The van der Waals surface area contributed by atoms with Gasteiger partial charge in [0.1, 0.15) is 5.75 Å². The lowest BCUT2D eigenvalue weighted by Crippen LogP contribution is -1.94. The summed E-state index contributed by atoms with van der Waals surface area (Å²) in [6.45, 7) is -0.0777. The Hall–Kier alpha value is -1.81. The average Bonchev–Trinajstić information content (AvgIpc) is 2.51. The lowest BCUT2D eigenvalue weighted by molar-refractivity contribution is 0.283. The van der Waals surface area contributed by atoms with E-state index in [2.05, 4.69) is 4.98 Å². The minimum absolute atomic E-state index is 0.0777. The average molecular weight is 320 g/mol. The topological polar surface area (TPSA) is 42.4 Å². The molecule has 0 fully saturated rings. The maximum atomic E-state index is 9.38. The molecule has 0 saturated carbocycles. The predicted molar refractivity (Wildman–Crippen MR) is 84.2 cm³/mol. The largest absolute Gasteiger partial charge is 0.437 e.